The number of hydrogen-bond donors (Lipinski definition) is 0. The fraction of sp³-hybridized carbons (Fsp3) is 0.118. The summed E-state index contributed by atoms with van der Waals surface area (Å²) in [6.07, 6.45) is 0. The quantitative estimate of drug-likeness (QED) is 0.616. The van der Waals surface area contributed by atoms with Gasteiger partial charge in [0.05, 0.1) is 28.3 Å². The molecule has 0 atom stereocenters. The van der Waals surface area contributed by atoms with Gasteiger partial charge in [0.2, 0.25) is 0 Å². The molecular weight excluding hydrogens is 353 g/mol. The molecule has 0 unspecified atom stereocenters. The molecule has 0 saturated heterocycles. The molecule has 2 aromatic carbocycles. The molecule has 5 nitrogen and oxygen atoms in total. The van der Waals surface area contributed by atoms with E-state index in [0.717, 1.165) is 4.90 Å². The van der Waals surface area contributed by atoms with E-state index in [2.05, 4.69) is 0 Å². The van der Waals surface area contributed by atoms with Crippen molar-refractivity contribution in [2.24, 2.45) is 0 Å². The van der Waals surface area contributed by atoms with Crippen molar-refractivity contribution < 1.29 is 19.1 Å². The molecular formula is C17H11Cl2NO4. The summed E-state index contributed by atoms with van der Waals surface area (Å²) in [5, 5.41) is 0.579. The monoisotopic (exact) mass is 363 g/mol. The van der Waals surface area contributed by atoms with Crippen LogP contribution in [0.2, 0.25) is 10.0 Å². The lowest BCUT2D eigenvalue weighted by Gasteiger charge is -2.14. The van der Waals surface area contributed by atoms with Gasteiger partial charge in [0, 0.05) is 5.02 Å². The second kappa shape index (κ2) is 6.63. The number of benzene rings is 2. The summed E-state index contributed by atoms with van der Waals surface area (Å²) in [5.74, 6) is -1.43. The molecule has 0 radical (unpaired) electrons. The number of ether oxygens (including phenoxy) is 1. The average Bonchev–Trinajstić information content (AvgIpc) is 2.80. The molecule has 0 bridgehead atoms. The van der Waals surface area contributed by atoms with Gasteiger partial charge >= 0.3 is 5.97 Å². The first-order valence-corrected chi connectivity index (χ1v) is 7.82. The zero-order valence-corrected chi connectivity index (χ0v) is 13.8. The first kappa shape index (κ1) is 16.5. The van der Waals surface area contributed by atoms with Crippen molar-refractivity contribution in [2.45, 2.75) is 0 Å². The molecule has 122 valence electrons. The van der Waals surface area contributed by atoms with E-state index in [4.69, 9.17) is 27.9 Å². The number of hydrogen-bond acceptors (Lipinski definition) is 4. The van der Waals surface area contributed by atoms with Crippen LogP contribution in [-0.4, -0.2) is 35.8 Å². The number of esters is 1. The van der Waals surface area contributed by atoms with Crippen LogP contribution in [0.25, 0.3) is 0 Å². The Bertz CT molecular complexity index is 815. The molecule has 3 rings (SSSR count). The normalized spacial score (nSPS) is 13.2. The number of rotatable bonds is 4. The maximum absolute atomic E-state index is 12.2. The number of amides is 2. The van der Waals surface area contributed by atoms with Crippen molar-refractivity contribution in [1.82, 2.24) is 4.90 Å². The Balaban J connectivity index is 1.62. The maximum Gasteiger partial charge on any atom is 0.339 e. The predicted octanol–water partition coefficient (Wildman–Crippen LogP) is 3.45. The van der Waals surface area contributed by atoms with Crippen LogP contribution in [0, 0.1) is 0 Å². The third-order valence-corrected chi connectivity index (χ3v) is 4.13. The second-order valence-corrected chi connectivity index (χ2v) is 5.91. The number of nitrogens with zero attached hydrogens (tertiary/aromatic N) is 1. The molecule has 0 aliphatic carbocycles. The van der Waals surface area contributed by atoms with Gasteiger partial charge in [-0.15, -0.1) is 0 Å². The minimum absolute atomic E-state index is 0.0245. The number of halogens is 2. The molecule has 1 aliphatic rings. The molecule has 0 N–H and O–H groups in total. The van der Waals surface area contributed by atoms with E-state index in [0.29, 0.717) is 16.1 Å². The van der Waals surface area contributed by atoms with Gasteiger partial charge in [0.1, 0.15) is 6.61 Å². The van der Waals surface area contributed by atoms with Gasteiger partial charge in [-0.2, -0.15) is 0 Å². The molecule has 1 aliphatic heterocycles. The summed E-state index contributed by atoms with van der Waals surface area (Å²) >= 11 is 11.7. The van der Waals surface area contributed by atoms with Gasteiger partial charge < -0.3 is 4.74 Å². The standard InChI is InChI=1S/C17H11Cl2NO4/c18-10-5-6-13(14(19)9-10)17(23)24-8-7-20-15(21)11-3-1-2-4-12(11)16(20)22/h1-6,9H,7-8H2. The Morgan fingerprint density at radius 3 is 2.21 bits per heavy atom. The van der Waals surface area contributed by atoms with Gasteiger partial charge in [-0.1, -0.05) is 35.3 Å². The third kappa shape index (κ3) is 3.00. The molecule has 24 heavy (non-hydrogen) atoms. The number of carbonyl (C=O) groups excluding carboxylic acids is 3. The molecule has 0 spiro atoms. The lowest BCUT2D eigenvalue weighted by Crippen LogP contribution is -2.33. The summed E-state index contributed by atoms with van der Waals surface area (Å²) in [5.41, 5.74) is 0.882. The zero-order valence-electron chi connectivity index (χ0n) is 12.3. The van der Waals surface area contributed by atoms with Crippen LogP contribution in [0.3, 0.4) is 0 Å². The van der Waals surface area contributed by atoms with E-state index >= 15 is 0 Å². The van der Waals surface area contributed by atoms with Crippen LogP contribution >= 0.6 is 23.2 Å². The van der Waals surface area contributed by atoms with E-state index in [1.807, 2.05) is 0 Å². The highest BCUT2D eigenvalue weighted by molar-refractivity contribution is 6.36. The molecule has 0 saturated carbocycles. The highest BCUT2D eigenvalue weighted by atomic mass is 35.5. The molecule has 0 fully saturated rings. The summed E-state index contributed by atoms with van der Waals surface area (Å²) < 4.78 is 5.09. The van der Waals surface area contributed by atoms with E-state index in [-0.39, 0.29) is 23.7 Å². The molecule has 0 aromatic heterocycles. The Labute approximate surface area is 147 Å². The fourth-order valence-corrected chi connectivity index (χ4v) is 2.89. The van der Waals surface area contributed by atoms with Gasteiger partial charge in [0.25, 0.3) is 11.8 Å². The van der Waals surface area contributed by atoms with E-state index < -0.39 is 17.8 Å². The first-order chi connectivity index (χ1) is 11.5. The average molecular weight is 364 g/mol. The van der Waals surface area contributed by atoms with Crippen LogP contribution in [0.1, 0.15) is 31.1 Å². The lowest BCUT2D eigenvalue weighted by atomic mass is 10.1. The van der Waals surface area contributed by atoms with Crippen LogP contribution in [0.15, 0.2) is 42.5 Å². The summed E-state index contributed by atoms with van der Waals surface area (Å²) in [6, 6.07) is 11.0. The van der Waals surface area contributed by atoms with Crippen LogP contribution in [-0.2, 0) is 4.74 Å². The van der Waals surface area contributed by atoms with Crippen molar-refractivity contribution in [3.8, 4) is 0 Å². The van der Waals surface area contributed by atoms with Gasteiger partial charge in [0.15, 0.2) is 0 Å². The maximum atomic E-state index is 12.2. The van der Waals surface area contributed by atoms with Crippen molar-refractivity contribution >= 4 is 41.0 Å². The Morgan fingerprint density at radius 2 is 1.62 bits per heavy atom. The van der Waals surface area contributed by atoms with Crippen LogP contribution < -0.4 is 0 Å². The van der Waals surface area contributed by atoms with Crippen molar-refractivity contribution in [2.75, 3.05) is 13.2 Å². The van der Waals surface area contributed by atoms with E-state index in [1.54, 1.807) is 24.3 Å². The number of carbonyl (C=O) groups is 3. The van der Waals surface area contributed by atoms with Crippen molar-refractivity contribution in [3.63, 3.8) is 0 Å². The largest absolute Gasteiger partial charge is 0.460 e. The summed E-state index contributed by atoms with van der Waals surface area (Å²) in [7, 11) is 0. The zero-order chi connectivity index (χ0) is 17.3. The Morgan fingerprint density at radius 1 is 1.00 bits per heavy atom. The highest BCUT2D eigenvalue weighted by Crippen LogP contribution is 2.23. The van der Waals surface area contributed by atoms with Crippen LogP contribution in [0.5, 0.6) is 0 Å². The van der Waals surface area contributed by atoms with Crippen molar-refractivity contribution in [1.29, 1.82) is 0 Å². The minimum atomic E-state index is -0.645. The Kier molecular flexibility index (Phi) is 4.55. The molecule has 2 amide bonds. The van der Waals surface area contributed by atoms with Crippen molar-refractivity contribution in [3.05, 3.63) is 69.2 Å². The van der Waals surface area contributed by atoms with Gasteiger partial charge in [-0.25, -0.2) is 4.79 Å². The Hall–Kier alpha value is -2.37. The lowest BCUT2D eigenvalue weighted by molar-refractivity contribution is 0.0420. The van der Waals surface area contributed by atoms with Gasteiger partial charge in [-0.3, -0.25) is 14.5 Å². The predicted molar refractivity (Wildman–Crippen MR) is 88.6 cm³/mol. The first-order valence-electron chi connectivity index (χ1n) is 7.06. The SMILES string of the molecule is O=C(OCCN1C(=O)c2ccccc2C1=O)c1ccc(Cl)cc1Cl. The summed E-state index contributed by atoms with van der Waals surface area (Å²) in [4.78, 5) is 37.4. The van der Waals surface area contributed by atoms with E-state index in [1.165, 1.54) is 18.2 Å². The summed E-state index contributed by atoms with van der Waals surface area (Å²) in [6.45, 7) is -0.146. The minimum Gasteiger partial charge on any atom is -0.460 e. The number of fused-ring (bicyclic) bond motifs is 1. The second-order valence-electron chi connectivity index (χ2n) is 5.07. The van der Waals surface area contributed by atoms with Crippen LogP contribution in [0.4, 0.5) is 0 Å². The van der Waals surface area contributed by atoms with E-state index in [9.17, 15) is 14.4 Å². The molecule has 1 heterocycles. The number of imide groups is 1. The third-order valence-electron chi connectivity index (χ3n) is 3.58. The fourth-order valence-electron chi connectivity index (χ4n) is 2.40. The smallest absolute Gasteiger partial charge is 0.339 e. The highest BCUT2D eigenvalue weighted by Gasteiger charge is 2.34. The molecule has 2 aromatic rings. The topological polar surface area (TPSA) is 63.7 Å². The molecule has 7 heteroatoms. The van der Waals surface area contributed by atoms with Gasteiger partial charge in [-0.05, 0) is 30.3 Å².